The van der Waals surface area contributed by atoms with Crippen LogP contribution in [-0.2, 0) is 95.5 Å². The topological polar surface area (TPSA) is 397 Å². The predicted molar refractivity (Wildman–Crippen MR) is 535 cm³/mol. The molecule has 0 spiro atoms. The third-order valence-electron chi connectivity index (χ3n) is 33.3. The number of rotatable bonds is 10. The lowest BCUT2D eigenvalue weighted by Crippen LogP contribution is -2.61. The molecular weight excluding hydrogens is 1820 g/mol. The van der Waals surface area contributed by atoms with Crippen LogP contribution in [0.1, 0.15) is 265 Å². The molecule has 2 aromatic carbocycles. The average molecular weight is 1980 g/mol. The number of nitrogens with zero attached hydrogens (tertiary/aromatic N) is 4. The first kappa shape index (κ1) is 114. The monoisotopic (exact) mass is 1980 g/mol. The first-order valence-corrected chi connectivity index (χ1v) is 52.7. The lowest BCUT2D eigenvalue weighted by atomic mass is 9.74. The van der Waals surface area contributed by atoms with Gasteiger partial charge < -0.3 is 78.3 Å². The maximum Gasteiger partial charge on any atom is 0.329 e. The van der Waals surface area contributed by atoms with Crippen molar-refractivity contribution in [3.8, 4) is 0 Å². The molecule has 6 N–H and O–H groups in total. The summed E-state index contributed by atoms with van der Waals surface area (Å²) >= 11 is 0. The predicted octanol–water partition coefficient (Wildman–Crippen LogP) is 14.3. The number of aliphatic hydroxyl groups excluding tert-OH is 4. The van der Waals surface area contributed by atoms with Gasteiger partial charge in [0.05, 0.1) is 84.5 Å². The van der Waals surface area contributed by atoms with E-state index >= 15 is 0 Å². The molecular formula is C112H166N4O26. The van der Waals surface area contributed by atoms with Crippen molar-refractivity contribution in [3.05, 3.63) is 119 Å². The molecule has 790 valence electrons. The lowest BCUT2D eigenvalue weighted by Gasteiger charge is -2.43. The number of amides is 2. The number of para-hydroxylation sites is 2. The summed E-state index contributed by atoms with van der Waals surface area (Å²) in [7, 11) is 6.23. The van der Waals surface area contributed by atoms with Crippen molar-refractivity contribution in [2.45, 2.75) is 386 Å². The van der Waals surface area contributed by atoms with Gasteiger partial charge in [0.1, 0.15) is 59.6 Å². The van der Waals surface area contributed by atoms with Crippen LogP contribution in [-0.4, -0.2) is 262 Å². The molecule has 10 aliphatic heterocycles. The van der Waals surface area contributed by atoms with Gasteiger partial charge in [-0.25, -0.2) is 14.7 Å². The zero-order chi connectivity index (χ0) is 104. The Labute approximate surface area is 841 Å². The van der Waals surface area contributed by atoms with E-state index in [9.17, 15) is 78.6 Å². The van der Waals surface area contributed by atoms with E-state index < -0.39 is 198 Å². The Morgan fingerprint density at radius 3 is 1.26 bits per heavy atom. The van der Waals surface area contributed by atoms with Gasteiger partial charge in [0.2, 0.25) is 11.6 Å². The number of methoxy groups -OCH3 is 4. The zero-order valence-electron chi connectivity index (χ0n) is 87.7. The zero-order valence-corrected chi connectivity index (χ0v) is 87.7. The molecule has 34 atom stereocenters. The van der Waals surface area contributed by atoms with E-state index in [2.05, 4.69) is 19.9 Å². The molecule has 14 rings (SSSR count). The van der Waals surface area contributed by atoms with Gasteiger partial charge in [0, 0.05) is 115 Å². The van der Waals surface area contributed by atoms with Gasteiger partial charge in [-0.3, -0.25) is 53.1 Å². The van der Waals surface area contributed by atoms with Gasteiger partial charge in [-0.1, -0.05) is 163 Å². The maximum atomic E-state index is 14.5. The highest BCUT2D eigenvalue weighted by molar-refractivity contribution is 6.39. The third-order valence-corrected chi connectivity index (χ3v) is 33.3. The SMILES string of the molecule is COC1CC2CCC(C)C(O)(O2)C(=O)C(=O)N2CCCCC2C(=O)OC(C(C)C2CCCC(O)C2OC)CC(=O)C(C)/C=C(\C)C(O)C(C)C(=O)C(C)CC(C)C2C=CC(C=C1C)ON2c1ccccc1.COC1CC2CCC(C)C(O)(O2)C(=O)C(=O)N2CCCCC2C(=O)OC(C(C)C2CCCC(O)C2OC)CC(=O)C(C)/C=C(\C)C(O)C(C)C(=O)C(C)CC(C)C2CCC(C=C1C)ON2c1ccccc1. The number of fused-ring (bicyclic) bond motifs is 33. The summed E-state index contributed by atoms with van der Waals surface area (Å²) in [5.74, 6) is -18.5. The van der Waals surface area contributed by atoms with Gasteiger partial charge in [-0.15, -0.1) is 0 Å². The molecule has 7 fully saturated rings. The highest BCUT2D eigenvalue weighted by Crippen LogP contribution is 2.45. The summed E-state index contributed by atoms with van der Waals surface area (Å²) in [6, 6.07) is 16.9. The molecule has 5 saturated heterocycles. The van der Waals surface area contributed by atoms with E-state index in [0.717, 1.165) is 28.9 Å². The molecule has 0 aromatic heterocycles. The summed E-state index contributed by atoms with van der Waals surface area (Å²) in [6.07, 6.45) is 12.1. The molecule has 30 nitrogen and oxygen atoms in total. The molecule has 8 bridgehead atoms. The maximum absolute atomic E-state index is 14.5. The fraction of sp³-hybridized carbons (Fsp3) is 0.714. The highest BCUT2D eigenvalue weighted by Gasteiger charge is 2.57. The Bertz CT molecular complexity index is 4750. The summed E-state index contributed by atoms with van der Waals surface area (Å²) in [5.41, 5.74) is 4.35. The fourth-order valence-corrected chi connectivity index (χ4v) is 24.0. The van der Waals surface area contributed by atoms with Crippen LogP contribution in [0.15, 0.2) is 119 Å². The molecule has 34 unspecified atom stereocenters. The minimum absolute atomic E-state index is 0.0157. The number of Topliss-reactive ketones (excluding diaryl/α,β-unsaturated/α-hetero) is 6. The van der Waals surface area contributed by atoms with Gasteiger partial charge in [0.15, 0.2) is 0 Å². The Hall–Kier alpha value is -7.92. The Morgan fingerprint density at radius 2 is 0.838 bits per heavy atom. The number of ketones is 6. The van der Waals surface area contributed by atoms with Crippen molar-refractivity contribution in [2.75, 3.05) is 51.7 Å². The molecule has 2 amide bonds. The van der Waals surface area contributed by atoms with Gasteiger partial charge >= 0.3 is 11.9 Å². The van der Waals surface area contributed by atoms with E-state index in [1.807, 2.05) is 131 Å². The number of hydrogen-bond donors (Lipinski definition) is 6. The first-order valence-electron chi connectivity index (χ1n) is 52.7. The lowest BCUT2D eigenvalue weighted by molar-refractivity contribution is -0.265. The number of anilines is 2. The second-order valence-electron chi connectivity index (χ2n) is 43.4. The van der Waals surface area contributed by atoms with Gasteiger partial charge in [0.25, 0.3) is 23.4 Å². The Balaban J connectivity index is 0.000000271. The number of piperidine rings is 2. The number of aliphatic hydroxyl groups is 6. The summed E-state index contributed by atoms with van der Waals surface area (Å²) in [4.78, 5) is 159. The summed E-state index contributed by atoms with van der Waals surface area (Å²) in [6.45, 7) is 29.4. The van der Waals surface area contributed by atoms with Crippen molar-refractivity contribution in [1.29, 1.82) is 0 Å². The second kappa shape index (κ2) is 51.6. The Kier molecular flexibility index (Phi) is 41.6. The molecule has 142 heavy (non-hydrogen) atoms. The molecule has 2 saturated carbocycles. The minimum Gasteiger partial charge on any atom is -0.460 e. The van der Waals surface area contributed by atoms with Gasteiger partial charge in [-0.05, 0) is 231 Å². The van der Waals surface area contributed by atoms with Crippen LogP contribution in [0.4, 0.5) is 11.4 Å². The number of benzene rings is 2. The normalized spacial score (nSPS) is 39.4. The van der Waals surface area contributed by atoms with Crippen LogP contribution >= 0.6 is 0 Å². The largest absolute Gasteiger partial charge is 0.460 e. The van der Waals surface area contributed by atoms with Crippen molar-refractivity contribution < 1.29 is 126 Å². The van der Waals surface area contributed by atoms with Crippen LogP contribution in [0.3, 0.4) is 0 Å². The highest BCUT2D eigenvalue weighted by atomic mass is 16.7. The van der Waals surface area contributed by atoms with Crippen LogP contribution < -0.4 is 10.1 Å². The third kappa shape index (κ3) is 27.3. The first-order chi connectivity index (χ1) is 67.4. The van der Waals surface area contributed by atoms with Crippen LogP contribution in [0.25, 0.3) is 0 Å². The van der Waals surface area contributed by atoms with Crippen LogP contribution in [0.5, 0.6) is 0 Å². The quantitative estimate of drug-likeness (QED) is 0.0731. The fourth-order valence-electron chi connectivity index (χ4n) is 24.0. The van der Waals surface area contributed by atoms with Crippen molar-refractivity contribution in [2.24, 2.45) is 82.9 Å². The van der Waals surface area contributed by atoms with E-state index in [0.29, 0.717) is 120 Å². The molecule has 2 aromatic rings. The standard InChI is InChI=1S/C56H84N2O13.C56H82N2O13/c2*1-32-27-35(4)50(61)39(8)51(62)36(5)28-33(2)47(60)31-49(38(7)43-19-16-21-46(59)52(43)68-10)69-55(65)45-20-14-15-26-57(45)54(64)53(63)56(66)37(6)22-23-41(70-56)30-48(67-9)34(3)29-42-24-25-44(32)58(71-42)40-17-12-11-13-18-40/h11-13,17-18,28-29,32-33,35,37-39,41-46,48-49,51-52,59,62,66H,14-16,19-27,30-31H2,1-10H3;11-13,17-18,24-25,28-29,32-33,35,37-39,41-46,48-49,51-52,59,62,66H,14-16,19-23,26-27,30-31H2,1-10H3/b2*34-29?,36-28+. The number of hydroxylamine groups is 2. The van der Waals surface area contributed by atoms with E-state index in [1.54, 1.807) is 81.8 Å². The molecule has 12 aliphatic rings. The number of carbonyl (C=O) groups excluding carboxylic acids is 10. The Morgan fingerprint density at radius 1 is 0.423 bits per heavy atom. The number of esters is 2. The molecule has 10 heterocycles. The average Bonchev–Trinajstić information content (AvgIpc) is 0.770. The molecule has 0 radical (unpaired) electrons. The van der Waals surface area contributed by atoms with E-state index in [4.69, 9.17) is 47.6 Å². The van der Waals surface area contributed by atoms with Crippen LogP contribution in [0, 0.1) is 82.9 Å². The second-order valence-corrected chi connectivity index (χ2v) is 43.4. The van der Waals surface area contributed by atoms with E-state index in [-0.39, 0.29) is 117 Å². The van der Waals surface area contributed by atoms with Crippen LogP contribution in [0.2, 0.25) is 0 Å². The molecule has 30 heteroatoms. The summed E-state index contributed by atoms with van der Waals surface area (Å²) in [5, 5.41) is 73.3. The number of hydrogen-bond acceptors (Lipinski definition) is 28. The number of carbonyl (C=O) groups is 10. The number of allylic oxidation sites excluding steroid dienone is 2. The van der Waals surface area contributed by atoms with Crippen molar-refractivity contribution in [1.82, 2.24) is 9.80 Å². The number of ether oxygens (including phenoxy) is 8. The van der Waals surface area contributed by atoms with E-state index in [1.165, 1.54) is 24.0 Å². The van der Waals surface area contributed by atoms with Crippen molar-refractivity contribution >= 4 is 69.8 Å². The molecule has 2 aliphatic carbocycles. The smallest absolute Gasteiger partial charge is 0.329 e. The minimum atomic E-state index is -2.48. The summed E-state index contributed by atoms with van der Waals surface area (Å²) < 4.78 is 48.8. The van der Waals surface area contributed by atoms with Crippen molar-refractivity contribution in [3.63, 3.8) is 0 Å². The van der Waals surface area contributed by atoms with Gasteiger partial charge in [-0.2, -0.15) is 0 Å².